The van der Waals surface area contributed by atoms with E-state index >= 15 is 0 Å². The monoisotopic (exact) mass is 543 g/mol. The summed E-state index contributed by atoms with van der Waals surface area (Å²) >= 11 is 0. The van der Waals surface area contributed by atoms with Crippen LogP contribution in [0.1, 0.15) is 26.7 Å². The van der Waals surface area contributed by atoms with Gasteiger partial charge in [0.1, 0.15) is 0 Å². The van der Waals surface area contributed by atoms with Crippen LogP contribution >= 0.6 is 24.0 Å². The summed E-state index contributed by atoms with van der Waals surface area (Å²) in [6.45, 7) is 4.02. The summed E-state index contributed by atoms with van der Waals surface area (Å²) in [5.41, 5.74) is -5.91. The van der Waals surface area contributed by atoms with Crippen LogP contribution in [0.3, 0.4) is 0 Å². The number of nitrogens with one attached hydrogen (secondary N) is 3. The zero-order valence-corrected chi connectivity index (χ0v) is 19.5. The number of guanidine groups is 1. The van der Waals surface area contributed by atoms with Gasteiger partial charge in [0.2, 0.25) is 5.91 Å². The fourth-order valence-corrected chi connectivity index (χ4v) is 3.67. The highest BCUT2D eigenvalue weighted by molar-refractivity contribution is 14.0. The molecule has 8 nitrogen and oxygen atoms in total. The first kappa shape index (κ1) is 27.2. The highest BCUT2D eigenvalue weighted by atomic mass is 127. The first-order valence-electron chi connectivity index (χ1n) is 8.58. The van der Waals surface area contributed by atoms with Gasteiger partial charge in [-0.05, 0) is 32.6 Å². The minimum absolute atomic E-state index is 0. The Morgan fingerprint density at radius 2 is 1.71 bits per heavy atom. The number of aliphatic imine (C=N–C) groups is 1. The van der Waals surface area contributed by atoms with E-state index in [4.69, 9.17) is 0 Å². The van der Waals surface area contributed by atoms with Crippen molar-refractivity contribution in [2.24, 2.45) is 16.3 Å². The Hall–Kier alpha value is -0.830. The van der Waals surface area contributed by atoms with Crippen molar-refractivity contribution in [1.29, 1.82) is 0 Å². The van der Waals surface area contributed by atoms with Crippen LogP contribution in [-0.4, -0.2) is 70.4 Å². The second-order valence-electron chi connectivity index (χ2n) is 7.06. The lowest BCUT2D eigenvalue weighted by Crippen LogP contribution is -2.49. The van der Waals surface area contributed by atoms with Crippen molar-refractivity contribution in [3.63, 3.8) is 0 Å². The highest BCUT2D eigenvalue weighted by Crippen LogP contribution is 2.30. The van der Waals surface area contributed by atoms with Gasteiger partial charge in [-0.1, -0.05) is 0 Å². The van der Waals surface area contributed by atoms with E-state index < -0.39 is 20.9 Å². The third kappa shape index (κ3) is 7.21. The summed E-state index contributed by atoms with van der Waals surface area (Å²) in [5.74, 6) is 0.371. The van der Waals surface area contributed by atoms with E-state index in [1.807, 2.05) is 0 Å². The molecule has 0 atom stereocenters. The standard InChI is InChI=1S/C15H28F3N5O3S.HI/c1-14(2,12(24)19-3)10-22-13(20-4)21-9-11-5-7-23(8-6-11)27(25,26)15(16,17)18;/h11H,5-10H2,1-4H3,(H,19,24)(H2,20,21,22);1H. The number of rotatable bonds is 6. The molecule has 0 aliphatic carbocycles. The molecule has 0 bridgehead atoms. The average Bonchev–Trinajstić information content (AvgIpc) is 2.60. The third-order valence-electron chi connectivity index (χ3n) is 4.53. The van der Waals surface area contributed by atoms with Gasteiger partial charge in [-0.25, -0.2) is 8.42 Å². The first-order chi connectivity index (χ1) is 12.3. The van der Waals surface area contributed by atoms with Crippen LogP contribution in [0.4, 0.5) is 13.2 Å². The van der Waals surface area contributed by atoms with Crippen LogP contribution in [0.5, 0.6) is 0 Å². The Morgan fingerprint density at radius 3 is 2.14 bits per heavy atom. The van der Waals surface area contributed by atoms with Gasteiger partial charge in [0.25, 0.3) is 0 Å². The van der Waals surface area contributed by atoms with Crippen LogP contribution in [0, 0.1) is 11.3 Å². The van der Waals surface area contributed by atoms with E-state index in [2.05, 4.69) is 20.9 Å². The third-order valence-corrected chi connectivity index (χ3v) is 6.16. The molecule has 13 heteroatoms. The molecule has 1 aliphatic heterocycles. The molecule has 0 spiro atoms. The lowest BCUT2D eigenvalue weighted by Gasteiger charge is -2.32. The minimum atomic E-state index is -5.26. The zero-order valence-electron chi connectivity index (χ0n) is 16.4. The number of carbonyl (C=O) groups is 1. The average molecular weight is 543 g/mol. The number of halogens is 4. The highest BCUT2D eigenvalue weighted by Gasteiger charge is 2.50. The maximum absolute atomic E-state index is 12.6. The lowest BCUT2D eigenvalue weighted by atomic mass is 9.92. The molecule has 1 saturated heterocycles. The van der Waals surface area contributed by atoms with Gasteiger partial charge in [0, 0.05) is 40.3 Å². The summed E-state index contributed by atoms with van der Waals surface area (Å²) in [6.07, 6.45) is 0.645. The van der Waals surface area contributed by atoms with Crippen molar-refractivity contribution in [3.8, 4) is 0 Å². The largest absolute Gasteiger partial charge is 0.511 e. The number of nitrogens with zero attached hydrogens (tertiary/aromatic N) is 2. The minimum Gasteiger partial charge on any atom is -0.359 e. The molecule has 1 rings (SSSR count). The smallest absolute Gasteiger partial charge is 0.359 e. The van der Waals surface area contributed by atoms with Crippen molar-refractivity contribution in [1.82, 2.24) is 20.3 Å². The maximum atomic E-state index is 12.6. The van der Waals surface area contributed by atoms with Crippen molar-refractivity contribution in [2.45, 2.75) is 32.2 Å². The van der Waals surface area contributed by atoms with Crippen LogP contribution in [0.25, 0.3) is 0 Å². The summed E-state index contributed by atoms with van der Waals surface area (Å²) in [4.78, 5) is 15.8. The normalized spacial score (nSPS) is 17.6. The lowest BCUT2D eigenvalue weighted by molar-refractivity contribution is -0.128. The van der Waals surface area contributed by atoms with Gasteiger partial charge in [0.05, 0.1) is 5.41 Å². The molecule has 0 radical (unpaired) electrons. The number of sulfonamides is 1. The number of hydrogen-bond acceptors (Lipinski definition) is 4. The van der Waals surface area contributed by atoms with Gasteiger partial charge < -0.3 is 16.0 Å². The Kier molecular flexibility index (Phi) is 10.5. The van der Waals surface area contributed by atoms with Gasteiger partial charge in [-0.3, -0.25) is 9.79 Å². The molecule has 1 heterocycles. The number of amides is 1. The molecule has 0 saturated carbocycles. The summed E-state index contributed by atoms with van der Waals surface area (Å²) < 4.78 is 61.1. The van der Waals surface area contributed by atoms with E-state index in [1.165, 1.54) is 0 Å². The summed E-state index contributed by atoms with van der Waals surface area (Å²) in [5, 5.41) is 8.69. The van der Waals surface area contributed by atoms with Gasteiger partial charge >= 0.3 is 15.5 Å². The molecule has 1 amide bonds. The molecular formula is C15H29F3IN5O3S. The molecule has 0 aromatic rings. The Bertz CT molecular complexity index is 648. The number of alkyl halides is 3. The van der Waals surface area contributed by atoms with Crippen LogP contribution in [0.2, 0.25) is 0 Å². The zero-order chi connectivity index (χ0) is 20.9. The predicted molar refractivity (Wildman–Crippen MR) is 112 cm³/mol. The Balaban J connectivity index is 0.00000729. The summed E-state index contributed by atoms with van der Waals surface area (Å²) in [7, 11) is -2.13. The van der Waals surface area contributed by atoms with Gasteiger partial charge in [-0.2, -0.15) is 17.5 Å². The topological polar surface area (TPSA) is 103 Å². The molecule has 0 aromatic heterocycles. The molecule has 0 aromatic carbocycles. The number of piperidine rings is 1. The van der Waals surface area contributed by atoms with Crippen molar-refractivity contribution in [3.05, 3.63) is 0 Å². The second-order valence-corrected chi connectivity index (χ2v) is 8.99. The van der Waals surface area contributed by atoms with E-state index in [0.29, 0.717) is 36.2 Å². The molecule has 166 valence electrons. The van der Waals surface area contributed by atoms with Crippen molar-refractivity contribution in [2.75, 3.05) is 40.3 Å². The molecule has 28 heavy (non-hydrogen) atoms. The van der Waals surface area contributed by atoms with E-state index in [9.17, 15) is 26.4 Å². The van der Waals surface area contributed by atoms with Gasteiger partial charge in [-0.15, -0.1) is 24.0 Å². The van der Waals surface area contributed by atoms with Crippen LogP contribution < -0.4 is 16.0 Å². The van der Waals surface area contributed by atoms with Gasteiger partial charge in [0.15, 0.2) is 5.96 Å². The van der Waals surface area contributed by atoms with E-state index in [1.54, 1.807) is 27.9 Å². The SMILES string of the molecule is CN=C(NCC1CCN(S(=O)(=O)C(F)(F)F)CC1)NCC(C)(C)C(=O)NC.I. The summed E-state index contributed by atoms with van der Waals surface area (Å²) in [6, 6.07) is 0. The number of hydrogen-bond donors (Lipinski definition) is 3. The molecule has 3 N–H and O–H groups in total. The van der Waals surface area contributed by atoms with Crippen LogP contribution in [0.15, 0.2) is 4.99 Å². The molecule has 0 unspecified atom stereocenters. The maximum Gasteiger partial charge on any atom is 0.511 e. The Morgan fingerprint density at radius 1 is 1.18 bits per heavy atom. The first-order valence-corrected chi connectivity index (χ1v) is 10.0. The molecule has 1 aliphatic rings. The van der Waals surface area contributed by atoms with Crippen molar-refractivity contribution >= 4 is 45.9 Å². The second kappa shape index (κ2) is 10.8. The van der Waals surface area contributed by atoms with E-state index in [-0.39, 0.29) is 48.9 Å². The molecule has 1 fully saturated rings. The number of carbonyl (C=O) groups excluding carboxylic acids is 1. The quantitative estimate of drug-likeness (QED) is 0.265. The fourth-order valence-electron chi connectivity index (χ4n) is 2.69. The molecular weight excluding hydrogens is 514 g/mol. The van der Waals surface area contributed by atoms with Crippen molar-refractivity contribution < 1.29 is 26.4 Å². The van der Waals surface area contributed by atoms with E-state index in [0.717, 1.165) is 0 Å². The predicted octanol–water partition coefficient (Wildman–Crippen LogP) is 1.10. The fraction of sp³-hybridized carbons (Fsp3) is 0.867. The van der Waals surface area contributed by atoms with Crippen LogP contribution in [-0.2, 0) is 14.8 Å². The Labute approximate surface area is 181 Å².